The van der Waals surface area contributed by atoms with Crippen molar-refractivity contribution in [3.8, 4) is 0 Å². The minimum absolute atomic E-state index is 0.0489. The van der Waals surface area contributed by atoms with Crippen LogP contribution in [0, 0.1) is 5.92 Å². The first-order valence-electron chi connectivity index (χ1n) is 6.02. The van der Waals surface area contributed by atoms with Crippen LogP contribution < -0.4 is 0 Å². The van der Waals surface area contributed by atoms with Crippen molar-refractivity contribution in [2.24, 2.45) is 5.92 Å². The van der Waals surface area contributed by atoms with Crippen LogP contribution in [0.15, 0.2) is 10.7 Å². The van der Waals surface area contributed by atoms with Crippen molar-refractivity contribution in [3.63, 3.8) is 0 Å². The third kappa shape index (κ3) is 2.45. The van der Waals surface area contributed by atoms with Crippen LogP contribution in [0.25, 0.3) is 0 Å². The van der Waals surface area contributed by atoms with Crippen molar-refractivity contribution in [1.82, 2.24) is 9.78 Å². The number of ether oxygens (including phenoxy) is 1. The van der Waals surface area contributed by atoms with Gasteiger partial charge in [0.15, 0.2) is 0 Å². The van der Waals surface area contributed by atoms with Gasteiger partial charge in [0.25, 0.3) is 0 Å². The van der Waals surface area contributed by atoms with E-state index >= 15 is 0 Å². The first kappa shape index (κ1) is 12.8. The lowest BCUT2D eigenvalue weighted by atomic mass is 9.99. The van der Waals surface area contributed by atoms with Crippen LogP contribution in [-0.2, 0) is 11.3 Å². The minimum Gasteiger partial charge on any atom is -0.370 e. The quantitative estimate of drug-likeness (QED) is 0.803. The Morgan fingerprint density at radius 3 is 3.06 bits per heavy atom. The Morgan fingerprint density at radius 1 is 1.71 bits per heavy atom. The molecule has 0 radical (unpaired) electrons. The molecule has 0 saturated carbocycles. The highest BCUT2D eigenvalue weighted by molar-refractivity contribution is 9.10. The Labute approximate surface area is 109 Å². The molecule has 4 nitrogen and oxygen atoms in total. The summed E-state index contributed by atoms with van der Waals surface area (Å²) in [7, 11) is 0. The lowest BCUT2D eigenvalue weighted by Gasteiger charge is -2.14. The van der Waals surface area contributed by atoms with Crippen LogP contribution in [0.1, 0.15) is 37.2 Å². The highest BCUT2D eigenvalue weighted by Gasteiger charge is 2.34. The number of nitrogens with zero attached hydrogens (tertiary/aromatic N) is 2. The predicted octanol–water partition coefficient (Wildman–Crippen LogP) is 2.66. The normalized spacial score (nSPS) is 24.2. The Kier molecular flexibility index (Phi) is 3.99. The summed E-state index contributed by atoms with van der Waals surface area (Å²) >= 11 is 3.40. The molecule has 0 aliphatic carbocycles. The van der Waals surface area contributed by atoms with E-state index < -0.39 is 0 Å². The van der Waals surface area contributed by atoms with Gasteiger partial charge >= 0.3 is 0 Å². The van der Waals surface area contributed by atoms with Crippen LogP contribution in [0.4, 0.5) is 0 Å². The molecule has 0 aromatic carbocycles. The van der Waals surface area contributed by atoms with Gasteiger partial charge in [-0.1, -0.05) is 13.8 Å². The van der Waals surface area contributed by atoms with Gasteiger partial charge in [-0.15, -0.1) is 0 Å². The average molecular weight is 301 g/mol. The molecule has 5 heteroatoms. The van der Waals surface area contributed by atoms with E-state index in [1.165, 1.54) is 0 Å². The number of aromatic nitrogens is 2. The second kappa shape index (κ2) is 5.31. The molecule has 0 N–H and O–H groups in total. The fourth-order valence-electron chi connectivity index (χ4n) is 2.15. The van der Waals surface area contributed by atoms with Gasteiger partial charge in [0, 0.05) is 13.2 Å². The van der Waals surface area contributed by atoms with Crippen molar-refractivity contribution in [3.05, 3.63) is 16.4 Å². The summed E-state index contributed by atoms with van der Waals surface area (Å²) in [6, 6.07) is 0. The number of carbonyl (C=O) groups is 1. The zero-order valence-corrected chi connectivity index (χ0v) is 11.7. The summed E-state index contributed by atoms with van der Waals surface area (Å²) in [5.74, 6) is 0.340. The second-order valence-corrected chi connectivity index (χ2v) is 5.34. The molecular formula is C12H17BrN2O2. The van der Waals surface area contributed by atoms with Crippen LogP contribution in [-0.4, -0.2) is 28.3 Å². The van der Waals surface area contributed by atoms with Crippen LogP contribution in [0.2, 0.25) is 0 Å². The van der Waals surface area contributed by atoms with Crippen molar-refractivity contribution in [2.75, 3.05) is 6.61 Å². The van der Waals surface area contributed by atoms with Crippen molar-refractivity contribution < 1.29 is 9.53 Å². The van der Waals surface area contributed by atoms with Gasteiger partial charge < -0.3 is 4.74 Å². The molecular weight excluding hydrogens is 284 g/mol. The predicted molar refractivity (Wildman–Crippen MR) is 68.1 cm³/mol. The molecule has 1 aromatic heterocycles. The van der Waals surface area contributed by atoms with Gasteiger partial charge in [-0.2, -0.15) is 5.10 Å². The molecule has 2 atom stereocenters. The number of carbonyl (C=O) groups excluding carboxylic acids is 1. The first-order valence-corrected chi connectivity index (χ1v) is 6.81. The molecule has 1 aliphatic rings. The van der Waals surface area contributed by atoms with Crippen LogP contribution in [0.5, 0.6) is 0 Å². The molecule has 1 aliphatic heterocycles. The molecule has 0 spiro atoms. The maximum absolute atomic E-state index is 12.4. The maximum Gasteiger partial charge on any atom is 0.210 e. The highest BCUT2D eigenvalue weighted by atomic mass is 79.9. The number of aryl methyl sites for hydroxylation is 1. The largest absolute Gasteiger partial charge is 0.370 e. The summed E-state index contributed by atoms with van der Waals surface area (Å²) in [6.45, 7) is 5.56. The third-order valence-corrected chi connectivity index (χ3v) is 3.69. The third-order valence-electron chi connectivity index (χ3n) is 3.11. The molecule has 2 rings (SSSR count). The average Bonchev–Trinajstić information content (AvgIpc) is 2.86. The molecule has 0 bridgehead atoms. The molecule has 1 aromatic rings. The first-order chi connectivity index (χ1) is 8.15. The smallest absolute Gasteiger partial charge is 0.210 e. The van der Waals surface area contributed by atoms with Gasteiger partial charge in [0.05, 0.1) is 10.7 Å². The standard InChI is InChI=1S/C12H17BrN2O2/c1-3-5-15-10(9(13)7-14-15)11(16)12-8(2)4-6-17-12/h7-8,12H,3-6H2,1-2H3. The number of hydrogen-bond acceptors (Lipinski definition) is 3. The van der Waals surface area contributed by atoms with Gasteiger partial charge in [-0.05, 0) is 34.7 Å². The number of ketones is 1. The van der Waals surface area contributed by atoms with Gasteiger partial charge in [0.2, 0.25) is 5.78 Å². The van der Waals surface area contributed by atoms with Gasteiger partial charge in [0.1, 0.15) is 11.8 Å². The fraction of sp³-hybridized carbons (Fsp3) is 0.667. The highest BCUT2D eigenvalue weighted by Crippen LogP contribution is 2.26. The van der Waals surface area contributed by atoms with Crippen LogP contribution in [0.3, 0.4) is 0 Å². The molecule has 94 valence electrons. The number of Topliss-reactive ketones (excluding diaryl/α,β-unsaturated/α-hetero) is 1. The lowest BCUT2D eigenvalue weighted by Crippen LogP contribution is -2.28. The summed E-state index contributed by atoms with van der Waals surface area (Å²) in [4.78, 5) is 12.4. The maximum atomic E-state index is 12.4. The summed E-state index contributed by atoms with van der Waals surface area (Å²) in [5.41, 5.74) is 0.644. The molecule has 1 saturated heterocycles. The summed E-state index contributed by atoms with van der Waals surface area (Å²) < 4.78 is 8.05. The monoisotopic (exact) mass is 300 g/mol. The Morgan fingerprint density at radius 2 is 2.47 bits per heavy atom. The van der Waals surface area contributed by atoms with E-state index in [1.807, 2.05) is 0 Å². The number of hydrogen-bond donors (Lipinski definition) is 0. The zero-order valence-electron chi connectivity index (χ0n) is 10.1. The number of halogens is 1. The molecule has 17 heavy (non-hydrogen) atoms. The fourth-order valence-corrected chi connectivity index (χ4v) is 2.65. The Hall–Kier alpha value is -0.680. The minimum atomic E-state index is -0.307. The summed E-state index contributed by atoms with van der Waals surface area (Å²) in [6.07, 6.45) is 3.28. The molecule has 0 amide bonds. The second-order valence-electron chi connectivity index (χ2n) is 4.49. The van der Waals surface area contributed by atoms with E-state index in [9.17, 15) is 4.79 Å². The van der Waals surface area contributed by atoms with E-state index in [4.69, 9.17) is 4.74 Å². The van der Waals surface area contributed by atoms with Crippen LogP contribution >= 0.6 is 15.9 Å². The van der Waals surface area contributed by atoms with Crippen molar-refractivity contribution in [1.29, 1.82) is 0 Å². The molecule has 1 fully saturated rings. The van der Waals surface area contributed by atoms with E-state index in [0.717, 1.165) is 23.9 Å². The zero-order chi connectivity index (χ0) is 12.4. The van der Waals surface area contributed by atoms with Gasteiger partial charge in [-0.25, -0.2) is 0 Å². The molecule has 2 unspecified atom stereocenters. The Bertz CT molecular complexity index is 417. The Balaban J connectivity index is 2.26. The SMILES string of the molecule is CCCn1ncc(Br)c1C(=O)C1OCCC1C. The van der Waals surface area contributed by atoms with Gasteiger partial charge in [-0.3, -0.25) is 9.48 Å². The van der Waals surface area contributed by atoms with Crippen molar-refractivity contribution in [2.45, 2.75) is 39.3 Å². The molecule has 2 heterocycles. The van der Waals surface area contributed by atoms with E-state index in [0.29, 0.717) is 18.2 Å². The van der Waals surface area contributed by atoms with Crippen molar-refractivity contribution >= 4 is 21.7 Å². The summed E-state index contributed by atoms with van der Waals surface area (Å²) in [5, 5.41) is 4.22. The topological polar surface area (TPSA) is 44.1 Å². The van der Waals surface area contributed by atoms with E-state index in [2.05, 4.69) is 34.9 Å². The van der Waals surface area contributed by atoms with E-state index in [-0.39, 0.29) is 11.9 Å². The number of rotatable bonds is 4. The van der Waals surface area contributed by atoms with E-state index in [1.54, 1.807) is 10.9 Å². The lowest BCUT2D eigenvalue weighted by molar-refractivity contribution is 0.0567.